The van der Waals surface area contributed by atoms with E-state index in [2.05, 4.69) is 34.2 Å². The Morgan fingerprint density at radius 2 is 2.18 bits per heavy atom. The fraction of sp³-hybridized carbons (Fsp3) is 0.435. The molecule has 10 heteroatoms. The molecule has 4 heterocycles. The summed E-state index contributed by atoms with van der Waals surface area (Å²) < 4.78 is 2.85. The van der Waals surface area contributed by atoms with Crippen LogP contribution in [0.15, 0.2) is 34.2 Å². The monoisotopic (exact) mass is 484 g/mol. The molecule has 3 aromatic rings. The molecule has 1 aliphatic heterocycles. The average molecular weight is 485 g/mol. The summed E-state index contributed by atoms with van der Waals surface area (Å²) in [6.07, 6.45) is 4.13. The lowest BCUT2D eigenvalue weighted by Gasteiger charge is -2.28. The Labute approximate surface area is 201 Å². The Kier molecular flexibility index (Phi) is 7.44. The molecule has 0 saturated heterocycles. The molecular weight excluding hydrogens is 456 g/mol. The van der Waals surface area contributed by atoms with E-state index in [1.165, 1.54) is 11.8 Å². The molecule has 0 radical (unpaired) electrons. The van der Waals surface area contributed by atoms with Gasteiger partial charge in [0.15, 0.2) is 10.0 Å². The van der Waals surface area contributed by atoms with Gasteiger partial charge in [-0.2, -0.15) is 5.10 Å². The maximum atomic E-state index is 13.1. The number of nitrogens with one attached hydrogen (secondary N) is 1. The van der Waals surface area contributed by atoms with Gasteiger partial charge in [-0.25, -0.2) is 4.98 Å². The number of amides is 2. The van der Waals surface area contributed by atoms with E-state index in [0.717, 1.165) is 33.4 Å². The number of thiazole rings is 1. The van der Waals surface area contributed by atoms with Gasteiger partial charge >= 0.3 is 0 Å². The van der Waals surface area contributed by atoms with Crippen LogP contribution in [-0.4, -0.2) is 48.8 Å². The van der Waals surface area contributed by atoms with Crippen molar-refractivity contribution < 1.29 is 9.59 Å². The summed E-state index contributed by atoms with van der Waals surface area (Å²) in [5, 5.41) is 9.61. The quantitative estimate of drug-likeness (QED) is 0.493. The SMILES string of the molecule is Cc1csc(SCC(=O)N2CCc3c(c(C(=O)NCc4cccnc4)nn3CC(C)C)C2)n1. The zero-order chi connectivity index (χ0) is 23.4. The second-order valence-electron chi connectivity index (χ2n) is 8.50. The Morgan fingerprint density at radius 1 is 1.33 bits per heavy atom. The van der Waals surface area contributed by atoms with E-state index in [1.54, 1.807) is 23.7 Å². The highest BCUT2D eigenvalue weighted by Gasteiger charge is 2.30. The van der Waals surface area contributed by atoms with E-state index in [0.29, 0.717) is 43.4 Å². The molecule has 0 aliphatic carbocycles. The van der Waals surface area contributed by atoms with Crippen LogP contribution in [0.1, 0.15) is 46.9 Å². The smallest absolute Gasteiger partial charge is 0.272 e. The average Bonchev–Trinajstić information content (AvgIpc) is 3.39. The Hall–Kier alpha value is -2.72. The third-order valence-corrected chi connectivity index (χ3v) is 7.46. The molecule has 4 rings (SSSR count). The molecule has 0 atom stereocenters. The zero-order valence-corrected chi connectivity index (χ0v) is 20.7. The van der Waals surface area contributed by atoms with Gasteiger partial charge < -0.3 is 10.2 Å². The van der Waals surface area contributed by atoms with Crippen LogP contribution in [-0.2, 0) is 30.8 Å². The van der Waals surface area contributed by atoms with Gasteiger partial charge in [-0.05, 0) is 24.5 Å². The number of hydrogen-bond donors (Lipinski definition) is 1. The molecule has 0 spiro atoms. The van der Waals surface area contributed by atoms with E-state index in [9.17, 15) is 9.59 Å². The van der Waals surface area contributed by atoms with Crippen LogP contribution in [0.5, 0.6) is 0 Å². The molecule has 0 fully saturated rings. The fourth-order valence-electron chi connectivity index (χ4n) is 3.77. The maximum absolute atomic E-state index is 13.1. The van der Waals surface area contributed by atoms with Gasteiger partial charge in [-0.3, -0.25) is 19.3 Å². The topological polar surface area (TPSA) is 93.0 Å². The van der Waals surface area contributed by atoms with E-state index in [-0.39, 0.29) is 11.8 Å². The predicted molar refractivity (Wildman–Crippen MR) is 129 cm³/mol. The number of nitrogens with zero attached hydrogens (tertiary/aromatic N) is 5. The molecule has 174 valence electrons. The van der Waals surface area contributed by atoms with E-state index in [1.807, 2.05) is 34.0 Å². The lowest BCUT2D eigenvalue weighted by Crippen LogP contribution is -2.38. The summed E-state index contributed by atoms with van der Waals surface area (Å²) in [5.41, 5.74) is 4.22. The number of carbonyl (C=O) groups excluding carboxylic acids is 2. The van der Waals surface area contributed by atoms with Crippen molar-refractivity contribution in [1.82, 2.24) is 30.0 Å². The lowest BCUT2D eigenvalue weighted by molar-refractivity contribution is -0.129. The van der Waals surface area contributed by atoms with Crippen molar-refractivity contribution in [3.63, 3.8) is 0 Å². The zero-order valence-electron chi connectivity index (χ0n) is 19.1. The normalized spacial score (nSPS) is 13.3. The number of aryl methyl sites for hydroxylation is 1. The first-order chi connectivity index (χ1) is 15.9. The van der Waals surface area contributed by atoms with Crippen molar-refractivity contribution >= 4 is 34.9 Å². The van der Waals surface area contributed by atoms with Gasteiger partial charge in [0.1, 0.15) is 0 Å². The van der Waals surface area contributed by atoms with Gasteiger partial charge in [0.05, 0.1) is 5.75 Å². The summed E-state index contributed by atoms with van der Waals surface area (Å²) in [6, 6.07) is 3.76. The molecule has 0 saturated carbocycles. The van der Waals surface area contributed by atoms with Crippen molar-refractivity contribution in [2.75, 3.05) is 12.3 Å². The Balaban J connectivity index is 1.48. The molecule has 1 aliphatic rings. The summed E-state index contributed by atoms with van der Waals surface area (Å²) >= 11 is 3.02. The van der Waals surface area contributed by atoms with E-state index in [4.69, 9.17) is 0 Å². The maximum Gasteiger partial charge on any atom is 0.272 e. The highest BCUT2D eigenvalue weighted by atomic mass is 32.2. The van der Waals surface area contributed by atoms with Crippen LogP contribution in [0.3, 0.4) is 0 Å². The van der Waals surface area contributed by atoms with Crippen LogP contribution in [0.2, 0.25) is 0 Å². The minimum absolute atomic E-state index is 0.0526. The number of pyridine rings is 1. The van der Waals surface area contributed by atoms with Crippen LogP contribution in [0, 0.1) is 12.8 Å². The second-order valence-corrected chi connectivity index (χ2v) is 10.6. The largest absolute Gasteiger partial charge is 0.346 e. The van der Waals surface area contributed by atoms with Gasteiger partial charge in [0.2, 0.25) is 5.91 Å². The minimum Gasteiger partial charge on any atom is -0.346 e. The minimum atomic E-state index is -0.223. The van der Waals surface area contributed by atoms with E-state index < -0.39 is 0 Å². The number of carbonyl (C=O) groups is 2. The first-order valence-electron chi connectivity index (χ1n) is 11.0. The molecular formula is C23H28N6O2S2. The first kappa shape index (κ1) is 23.4. The molecule has 0 bridgehead atoms. The highest BCUT2D eigenvalue weighted by Crippen LogP contribution is 2.26. The number of hydrogen-bond acceptors (Lipinski definition) is 7. The van der Waals surface area contributed by atoms with Crippen molar-refractivity contribution in [3.05, 3.63) is 58.1 Å². The van der Waals surface area contributed by atoms with Gasteiger partial charge in [-0.15, -0.1) is 11.3 Å². The van der Waals surface area contributed by atoms with Crippen molar-refractivity contribution in [2.45, 2.75) is 51.2 Å². The van der Waals surface area contributed by atoms with Crippen LogP contribution < -0.4 is 5.32 Å². The van der Waals surface area contributed by atoms with Gasteiger partial charge in [0.25, 0.3) is 5.91 Å². The van der Waals surface area contributed by atoms with Crippen LogP contribution in [0.25, 0.3) is 0 Å². The fourth-order valence-corrected chi connectivity index (χ4v) is 5.52. The molecule has 33 heavy (non-hydrogen) atoms. The molecule has 2 amide bonds. The predicted octanol–water partition coefficient (Wildman–Crippen LogP) is 3.31. The van der Waals surface area contributed by atoms with Gasteiger partial charge in [0, 0.05) is 67.3 Å². The molecule has 3 aromatic heterocycles. The second kappa shape index (κ2) is 10.5. The third-order valence-electron chi connectivity index (χ3n) is 5.33. The molecule has 0 unspecified atom stereocenters. The van der Waals surface area contributed by atoms with Crippen molar-refractivity contribution in [1.29, 1.82) is 0 Å². The Morgan fingerprint density at radius 3 is 2.88 bits per heavy atom. The van der Waals surface area contributed by atoms with Crippen LogP contribution >= 0.6 is 23.1 Å². The van der Waals surface area contributed by atoms with Crippen LogP contribution in [0.4, 0.5) is 0 Å². The third kappa shape index (κ3) is 5.80. The summed E-state index contributed by atoms with van der Waals surface area (Å²) in [5.74, 6) is 0.569. The molecule has 0 aromatic carbocycles. The number of thioether (sulfide) groups is 1. The Bertz CT molecular complexity index is 1130. The van der Waals surface area contributed by atoms with Crippen molar-refractivity contribution in [3.8, 4) is 0 Å². The number of fused-ring (bicyclic) bond motifs is 1. The highest BCUT2D eigenvalue weighted by molar-refractivity contribution is 8.01. The molecule has 8 nitrogen and oxygen atoms in total. The summed E-state index contributed by atoms with van der Waals surface area (Å²) in [7, 11) is 0. The van der Waals surface area contributed by atoms with E-state index >= 15 is 0 Å². The van der Waals surface area contributed by atoms with Gasteiger partial charge in [-0.1, -0.05) is 31.7 Å². The molecule has 1 N–H and O–H groups in total. The number of aromatic nitrogens is 4. The number of rotatable bonds is 8. The summed E-state index contributed by atoms with van der Waals surface area (Å²) in [6.45, 7) is 8.36. The van der Waals surface area contributed by atoms with Crippen molar-refractivity contribution in [2.24, 2.45) is 5.92 Å². The summed E-state index contributed by atoms with van der Waals surface area (Å²) in [4.78, 5) is 36.3. The lowest BCUT2D eigenvalue weighted by atomic mass is 10.0. The standard InChI is InChI=1S/C23H28N6O2S2/c1-15(2)11-29-19-6-8-28(20(30)14-33-23-26-16(3)13-32-23)12-18(19)21(27-29)22(31)25-10-17-5-4-7-24-9-17/h4-5,7,9,13,15H,6,8,10-12,14H2,1-3H3,(H,25,31). The first-order valence-corrected chi connectivity index (χ1v) is 12.9.